The first-order valence-corrected chi connectivity index (χ1v) is 7.35. The summed E-state index contributed by atoms with van der Waals surface area (Å²) in [5.74, 6) is 0. The molecule has 0 aliphatic rings. The van der Waals surface area contributed by atoms with Crippen molar-refractivity contribution in [3.63, 3.8) is 0 Å². The third-order valence-electron chi connectivity index (χ3n) is 3.27. The zero-order valence-electron chi connectivity index (χ0n) is 11.9. The summed E-state index contributed by atoms with van der Waals surface area (Å²) in [4.78, 5) is 0. The fourth-order valence-corrected chi connectivity index (χ4v) is 2.51. The van der Waals surface area contributed by atoms with Gasteiger partial charge in [-0.2, -0.15) is 0 Å². The van der Waals surface area contributed by atoms with Crippen molar-refractivity contribution in [3.8, 4) is 0 Å². The summed E-state index contributed by atoms with van der Waals surface area (Å²) in [5, 5.41) is 3.51. The van der Waals surface area contributed by atoms with Crippen molar-refractivity contribution >= 4 is 15.9 Å². The van der Waals surface area contributed by atoms with E-state index >= 15 is 0 Å². The van der Waals surface area contributed by atoms with Crippen LogP contribution in [0.1, 0.15) is 38.3 Å². The van der Waals surface area contributed by atoms with E-state index in [-0.39, 0.29) is 11.5 Å². The fraction of sp³-hybridized carbons (Fsp3) is 0.600. The van der Waals surface area contributed by atoms with Gasteiger partial charge >= 0.3 is 0 Å². The maximum Gasteiger partial charge on any atom is 0.0178 e. The van der Waals surface area contributed by atoms with Gasteiger partial charge in [0.05, 0.1) is 0 Å². The van der Waals surface area contributed by atoms with Gasteiger partial charge in [0.2, 0.25) is 0 Å². The van der Waals surface area contributed by atoms with Crippen LogP contribution in [0.2, 0.25) is 0 Å². The normalized spacial score (nSPS) is 13.7. The molecule has 0 spiro atoms. The second-order valence-corrected chi connectivity index (χ2v) is 6.70. The van der Waals surface area contributed by atoms with E-state index in [9.17, 15) is 0 Å². The molecule has 0 aromatic heterocycles. The molecule has 2 nitrogen and oxygen atoms in total. The molecular weight excluding hydrogens is 288 g/mol. The standard InChI is InChI=1S/C15H25BrN2/c1-11-5-6-13(16)9-14(11)15(3,4)10-18-8-7-12(2)17/h5-6,9,12,18H,7-8,10,17H2,1-4H3. The molecule has 0 bridgehead atoms. The molecule has 3 N–H and O–H groups in total. The molecule has 0 aliphatic heterocycles. The predicted octanol–water partition coefficient (Wildman–Crippen LogP) is 3.36. The molecule has 1 unspecified atom stereocenters. The number of nitrogens with two attached hydrogens (primary N) is 1. The van der Waals surface area contributed by atoms with Gasteiger partial charge in [0.1, 0.15) is 0 Å². The van der Waals surface area contributed by atoms with Crippen molar-refractivity contribution in [3.05, 3.63) is 33.8 Å². The van der Waals surface area contributed by atoms with Gasteiger partial charge in [0, 0.05) is 22.5 Å². The van der Waals surface area contributed by atoms with Crippen LogP contribution in [0.4, 0.5) is 0 Å². The van der Waals surface area contributed by atoms with Crippen LogP contribution in [0, 0.1) is 6.92 Å². The molecule has 0 amide bonds. The van der Waals surface area contributed by atoms with E-state index in [1.807, 2.05) is 6.92 Å². The fourth-order valence-electron chi connectivity index (χ4n) is 2.15. The number of nitrogens with one attached hydrogen (secondary N) is 1. The van der Waals surface area contributed by atoms with Crippen LogP contribution in [0.25, 0.3) is 0 Å². The van der Waals surface area contributed by atoms with Crippen LogP contribution in [0.3, 0.4) is 0 Å². The second-order valence-electron chi connectivity index (χ2n) is 5.79. The third kappa shape index (κ3) is 4.71. The molecule has 1 atom stereocenters. The zero-order chi connectivity index (χ0) is 13.8. The van der Waals surface area contributed by atoms with Crippen LogP contribution in [-0.2, 0) is 5.41 Å². The van der Waals surface area contributed by atoms with E-state index in [1.165, 1.54) is 11.1 Å². The van der Waals surface area contributed by atoms with Crippen molar-refractivity contribution in [2.45, 2.75) is 45.6 Å². The predicted molar refractivity (Wildman–Crippen MR) is 83.0 cm³/mol. The summed E-state index contributed by atoms with van der Waals surface area (Å²) in [6, 6.07) is 6.76. The van der Waals surface area contributed by atoms with Gasteiger partial charge in [0.25, 0.3) is 0 Å². The third-order valence-corrected chi connectivity index (χ3v) is 3.77. The average Bonchev–Trinajstić information content (AvgIpc) is 2.27. The van der Waals surface area contributed by atoms with Gasteiger partial charge in [-0.1, -0.05) is 35.8 Å². The largest absolute Gasteiger partial charge is 0.328 e. The van der Waals surface area contributed by atoms with E-state index in [0.717, 1.165) is 24.0 Å². The molecular formula is C15H25BrN2. The van der Waals surface area contributed by atoms with E-state index < -0.39 is 0 Å². The van der Waals surface area contributed by atoms with Crippen LogP contribution >= 0.6 is 15.9 Å². The Hall–Kier alpha value is -0.380. The molecule has 0 fully saturated rings. The first-order valence-electron chi connectivity index (χ1n) is 6.56. The molecule has 1 rings (SSSR count). The highest BCUT2D eigenvalue weighted by Gasteiger charge is 2.22. The Balaban J connectivity index is 2.64. The van der Waals surface area contributed by atoms with E-state index in [1.54, 1.807) is 0 Å². The monoisotopic (exact) mass is 312 g/mol. The molecule has 3 heteroatoms. The Morgan fingerprint density at radius 1 is 1.39 bits per heavy atom. The van der Waals surface area contributed by atoms with Gasteiger partial charge in [-0.05, 0) is 50.1 Å². The lowest BCUT2D eigenvalue weighted by molar-refractivity contribution is 0.456. The van der Waals surface area contributed by atoms with Crippen LogP contribution < -0.4 is 11.1 Å². The number of rotatable bonds is 6. The number of halogens is 1. The quantitative estimate of drug-likeness (QED) is 0.790. The highest BCUT2D eigenvalue weighted by Crippen LogP contribution is 2.28. The van der Waals surface area contributed by atoms with E-state index in [0.29, 0.717) is 0 Å². The Bertz CT molecular complexity index is 386. The van der Waals surface area contributed by atoms with Crippen molar-refractivity contribution in [1.29, 1.82) is 0 Å². The lowest BCUT2D eigenvalue weighted by Gasteiger charge is -2.28. The minimum atomic E-state index is 0.131. The van der Waals surface area contributed by atoms with E-state index in [4.69, 9.17) is 5.73 Å². The summed E-state index contributed by atoms with van der Waals surface area (Å²) >= 11 is 3.55. The highest BCUT2D eigenvalue weighted by molar-refractivity contribution is 9.10. The number of hydrogen-bond donors (Lipinski definition) is 2. The van der Waals surface area contributed by atoms with Gasteiger partial charge in [-0.25, -0.2) is 0 Å². The van der Waals surface area contributed by atoms with Crippen molar-refractivity contribution in [2.75, 3.05) is 13.1 Å². The van der Waals surface area contributed by atoms with Gasteiger partial charge in [-0.3, -0.25) is 0 Å². The Labute approximate surface area is 119 Å². The topological polar surface area (TPSA) is 38.0 Å². The number of hydrogen-bond acceptors (Lipinski definition) is 2. The summed E-state index contributed by atoms with van der Waals surface area (Å²) in [7, 11) is 0. The van der Waals surface area contributed by atoms with Gasteiger partial charge in [-0.15, -0.1) is 0 Å². The zero-order valence-corrected chi connectivity index (χ0v) is 13.5. The molecule has 0 heterocycles. The lowest BCUT2D eigenvalue weighted by atomic mass is 9.82. The first-order chi connectivity index (χ1) is 8.33. The average molecular weight is 313 g/mol. The van der Waals surface area contributed by atoms with Crippen LogP contribution in [0.15, 0.2) is 22.7 Å². The molecule has 0 saturated heterocycles. The Morgan fingerprint density at radius 3 is 2.67 bits per heavy atom. The minimum Gasteiger partial charge on any atom is -0.328 e. The number of aryl methyl sites for hydroxylation is 1. The number of benzene rings is 1. The summed E-state index contributed by atoms with van der Waals surface area (Å²) < 4.78 is 1.15. The van der Waals surface area contributed by atoms with Crippen molar-refractivity contribution in [1.82, 2.24) is 5.32 Å². The Morgan fingerprint density at radius 2 is 2.06 bits per heavy atom. The molecule has 102 valence electrons. The SMILES string of the molecule is Cc1ccc(Br)cc1C(C)(C)CNCCC(C)N. The maximum absolute atomic E-state index is 5.75. The molecule has 0 radical (unpaired) electrons. The summed E-state index contributed by atoms with van der Waals surface area (Å²) in [6.45, 7) is 10.7. The smallest absolute Gasteiger partial charge is 0.0178 e. The molecule has 0 aliphatic carbocycles. The van der Waals surface area contributed by atoms with Gasteiger partial charge < -0.3 is 11.1 Å². The highest BCUT2D eigenvalue weighted by atomic mass is 79.9. The van der Waals surface area contributed by atoms with Gasteiger partial charge in [0.15, 0.2) is 0 Å². The van der Waals surface area contributed by atoms with Crippen LogP contribution in [-0.4, -0.2) is 19.1 Å². The van der Waals surface area contributed by atoms with E-state index in [2.05, 4.69) is 60.2 Å². The van der Waals surface area contributed by atoms with Crippen molar-refractivity contribution in [2.24, 2.45) is 5.73 Å². The van der Waals surface area contributed by atoms with Crippen molar-refractivity contribution < 1.29 is 0 Å². The molecule has 1 aromatic carbocycles. The molecule has 1 aromatic rings. The summed E-state index contributed by atoms with van der Waals surface area (Å²) in [5.41, 5.74) is 8.62. The minimum absolute atomic E-state index is 0.131. The second kappa shape index (κ2) is 6.69. The lowest BCUT2D eigenvalue weighted by Crippen LogP contribution is -2.35. The Kier molecular flexibility index (Phi) is 5.83. The molecule has 18 heavy (non-hydrogen) atoms. The maximum atomic E-state index is 5.75. The molecule has 0 saturated carbocycles. The summed E-state index contributed by atoms with van der Waals surface area (Å²) in [6.07, 6.45) is 1.02. The first kappa shape index (κ1) is 15.7. The van der Waals surface area contributed by atoms with Crippen LogP contribution in [0.5, 0.6) is 0 Å².